The predicted molar refractivity (Wildman–Crippen MR) is 106 cm³/mol. The molecule has 0 radical (unpaired) electrons. The summed E-state index contributed by atoms with van der Waals surface area (Å²) in [6.45, 7) is 0. The summed E-state index contributed by atoms with van der Waals surface area (Å²) in [7, 11) is 1.45. The molecule has 0 spiro atoms. The number of esters is 1. The molecule has 0 saturated carbocycles. The quantitative estimate of drug-likeness (QED) is 0.299. The molecule has 0 fully saturated rings. The monoisotopic (exact) mass is 392 g/mol. The lowest BCUT2D eigenvalue weighted by atomic mass is 10.2. The number of amides is 1. The highest BCUT2D eigenvalue weighted by Gasteiger charge is 2.12. The number of nitrogens with zero attached hydrogens (tertiary/aromatic N) is 1. The standard InChI is InChI=1S/C22H17FN2O4/c1-28-20-13-15(14-24-25-21(26)16-8-10-18(23)11-9-16)7-12-19(20)29-22(27)17-5-3-2-4-6-17/h2-14H,1H3,(H,25,26)/b24-14-. The van der Waals surface area contributed by atoms with Gasteiger partial charge in [-0.15, -0.1) is 0 Å². The summed E-state index contributed by atoms with van der Waals surface area (Å²) in [5.41, 5.74) is 3.67. The molecule has 0 unspecified atom stereocenters. The first-order valence-electron chi connectivity index (χ1n) is 8.61. The summed E-state index contributed by atoms with van der Waals surface area (Å²) in [6, 6.07) is 18.5. The highest BCUT2D eigenvalue weighted by atomic mass is 19.1. The van der Waals surface area contributed by atoms with Crippen LogP contribution >= 0.6 is 0 Å². The molecule has 146 valence electrons. The number of carbonyl (C=O) groups excluding carboxylic acids is 2. The van der Waals surface area contributed by atoms with Crippen molar-refractivity contribution in [2.24, 2.45) is 5.10 Å². The minimum atomic E-state index is -0.503. The van der Waals surface area contributed by atoms with Crippen LogP contribution in [0, 0.1) is 5.82 Å². The van der Waals surface area contributed by atoms with Crippen LogP contribution in [0.5, 0.6) is 11.5 Å². The molecule has 0 aliphatic rings. The number of rotatable bonds is 6. The molecule has 1 amide bonds. The van der Waals surface area contributed by atoms with E-state index in [1.54, 1.807) is 48.5 Å². The van der Waals surface area contributed by atoms with Crippen molar-refractivity contribution >= 4 is 18.1 Å². The molecule has 0 atom stereocenters. The molecule has 1 N–H and O–H groups in total. The number of hydrogen-bond acceptors (Lipinski definition) is 5. The van der Waals surface area contributed by atoms with Gasteiger partial charge in [-0.3, -0.25) is 4.79 Å². The van der Waals surface area contributed by atoms with Crippen LogP contribution in [0.1, 0.15) is 26.3 Å². The van der Waals surface area contributed by atoms with Crippen LogP contribution in [0.15, 0.2) is 77.9 Å². The lowest BCUT2D eigenvalue weighted by Crippen LogP contribution is -2.17. The molecular formula is C22H17FN2O4. The Hall–Kier alpha value is -4.00. The number of carbonyl (C=O) groups is 2. The molecular weight excluding hydrogens is 375 g/mol. The summed E-state index contributed by atoms with van der Waals surface area (Å²) in [5.74, 6) is -0.805. The molecule has 29 heavy (non-hydrogen) atoms. The zero-order valence-corrected chi connectivity index (χ0v) is 15.5. The molecule has 0 bridgehead atoms. The Kier molecular flexibility index (Phi) is 6.32. The second kappa shape index (κ2) is 9.27. The molecule has 0 aromatic heterocycles. The van der Waals surface area contributed by atoms with Crippen molar-refractivity contribution in [3.8, 4) is 11.5 Å². The van der Waals surface area contributed by atoms with Gasteiger partial charge in [0.25, 0.3) is 5.91 Å². The van der Waals surface area contributed by atoms with E-state index in [1.807, 2.05) is 0 Å². The van der Waals surface area contributed by atoms with Crippen molar-refractivity contribution in [2.45, 2.75) is 0 Å². The van der Waals surface area contributed by atoms with E-state index in [0.29, 0.717) is 16.9 Å². The van der Waals surface area contributed by atoms with Crippen molar-refractivity contribution in [1.82, 2.24) is 5.43 Å². The molecule has 3 aromatic rings. The summed E-state index contributed by atoms with van der Waals surface area (Å²) in [4.78, 5) is 24.1. The minimum absolute atomic E-state index is 0.258. The van der Waals surface area contributed by atoms with Crippen LogP contribution in [0.2, 0.25) is 0 Å². The van der Waals surface area contributed by atoms with Gasteiger partial charge in [0.05, 0.1) is 18.9 Å². The lowest BCUT2D eigenvalue weighted by molar-refractivity contribution is 0.0729. The topological polar surface area (TPSA) is 77.0 Å². The van der Waals surface area contributed by atoms with Gasteiger partial charge in [-0.25, -0.2) is 14.6 Å². The van der Waals surface area contributed by atoms with Crippen molar-refractivity contribution in [1.29, 1.82) is 0 Å². The van der Waals surface area contributed by atoms with E-state index in [9.17, 15) is 14.0 Å². The number of hydrazone groups is 1. The highest BCUT2D eigenvalue weighted by Crippen LogP contribution is 2.28. The van der Waals surface area contributed by atoms with Crippen LogP contribution in [0.25, 0.3) is 0 Å². The Labute approximate surface area is 166 Å². The van der Waals surface area contributed by atoms with Crippen molar-refractivity contribution < 1.29 is 23.5 Å². The first kappa shape index (κ1) is 19.8. The number of ether oxygens (including phenoxy) is 2. The maximum Gasteiger partial charge on any atom is 0.343 e. The summed E-state index contributed by atoms with van der Waals surface area (Å²) in [6.07, 6.45) is 1.41. The van der Waals surface area contributed by atoms with Crippen LogP contribution < -0.4 is 14.9 Å². The third-order valence-corrected chi connectivity index (χ3v) is 3.89. The Balaban J connectivity index is 1.66. The van der Waals surface area contributed by atoms with Gasteiger partial charge < -0.3 is 9.47 Å². The number of halogens is 1. The van der Waals surface area contributed by atoms with E-state index in [-0.39, 0.29) is 11.3 Å². The van der Waals surface area contributed by atoms with Gasteiger partial charge >= 0.3 is 5.97 Å². The number of benzene rings is 3. The molecule has 0 heterocycles. The summed E-state index contributed by atoms with van der Waals surface area (Å²) in [5, 5.41) is 3.87. The lowest BCUT2D eigenvalue weighted by Gasteiger charge is -2.10. The predicted octanol–water partition coefficient (Wildman–Crippen LogP) is 3.82. The Bertz CT molecular complexity index is 1030. The van der Waals surface area contributed by atoms with E-state index >= 15 is 0 Å². The van der Waals surface area contributed by atoms with Gasteiger partial charge in [0, 0.05) is 5.56 Å². The van der Waals surface area contributed by atoms with Gasteiger partial charge in [0.1, 0.15) is 5.82 Å². The van der Waals surface area contributed by atoms with Crippen molar-refractivity contribution in [3.05, 3.63) is 95.3 Å². The molecule has 6 nitrogen and oxygen atoms in total. The molecule has 0 aliphatic heterocycles. The fourth-order valence-corrected chi connectivity index (χ4v) is 2.41. The Morgan fingerprint density at radius 2 is 1.66 bits per heavy atom. The first-order valence-corrected chi connectivity index (χ1v) is 8.61. The van der Waals surface area contributed by atoms with Crippen molar-refractivity contribution in [2.75, 3.05) is 7.11 Å². The maximum absolute atomic E-state index is 12.9. The van der Waals surface area contributed by atoms with E-state index in [2.05, 4.69) is 10.5 Å². The number of nitrogens with one attached hydrogen (secondary N) is 1. The second-order valence-corrected chi connectivity index (χ2v) is 5.87. The van der Waals surface area contributed by atoms with Gasteiger partial charge in [-0.1, -0.05) is 18.2 Å². The molecule has 0 saturated heterocycles. The van der Waals surface area contributed by atoms with Gasteiger partial charge in [-0.05, 0) is 60.2 Å². The number of hydrogen-bond donors (Lipinski definition) is 1. The number of methoxy groups -OCH3 is 1. The maximum atomic E-state index is 12.9. The zero-order valence-electron chi connectivity index (χ0n) is 15.5. The second-order valence-electron chi connectivity index (χ2n) is 5.87. The van der Waals surface area contributed by atoms with Crippen LogP contribution in [0.4, 0.5) is 4.39 Å². The minimum Gasteiger partial charge on any atom is -0.493 e. The van der Waals surface area contributed by atoms with E-state index < -0.39 is 17.7 Å². The van der Waals surface area contributed by atoms with Crippen LogP contribution in [0.3, 0.4) is 0 Å². The third-order valence-electron chi connectivity index (χ3n) is 3.89. The fourth-order valence-electron chi connectivity index (χ4n) is 2.41. The average molecular weight is 392 g/mol. The molecule has 7 heteroatoms. The van der Waals surface area contributed by atoms with Crippen LogP contribution in [-0.4, -0.2) is 25.2 Å². The highest BCUT2D eigenvalue weighted by molar-refractivity contribution is 5.95. The summed E-state index contributed by atoms with van der Waals surface area (Å²) >= 11 is 0. The SMILES string of the molecule is COc1cc(/C=N\NC(=O)c2ccc(F)cc2)ccc1OC(=O)c1ccccc1. The molecule has 3 aromatic carbocycles. The normalized spacial score (nSPS) is 10.6. The van der Waals surface area contributed by atoms with Crippen molar-refractivity contribution in [3.63, 3.8) is 0 Å². The fraction of sp³-hybridized carbons (Fsp3) is 0.0455. The van der Waals surface area contributed by atoms with Gasteiger partial charge in [0.15, 0.2) is 11.5 Å². The third kappa shape index (κ3) is 5.26. The summed E-state index contributed by atoms with van der Waals surface area (Å²) < 4.78 is 23.5. The molecule has 0 aliphatic carbocycles. The smallest absolute Gasteiger partial charge is 0.343 e. The van der Waals surface area contributed by atoms with E-state index in [1.165, 1.54) is 37.6 Å². The van der Waals surface area contributed by atoms with Crippen LogP contribution in [-0.2, 0) is 0 Å². The molecule has 3 rings (SSSR count). The van der Waals surface area contributed by atoms with Gasteiger partial charge in [0.2, 0.25) is 0 Å². The van der Waals surface area contributed by atoms with E-state index in [0.717, 1.165) is 0 Å². The average Bonchev–Trinajstić information content (AvgIpc) is 2.75. The first-order chi connectivity index (χ1) is 14.1. The van der Waals surface area contributed by atoms with Gasteiger partial charge in [-0.2, -0.15) is 5.10 Å². The Morgan fingerprint density at radius 1 is 0.931 bits per heavy atom. The van der Waals surface area contributed by atoms with E-state index in [4.69, 9.17) is 9.47 Å². The Morgan fingerprint density at radius 3 is 2.34 bits per heavy atom. The zero-order chi connectivity index (χ0) is 20.6. The largest absolute Gasteiger partial charge is 0.493 e.